The van der Waals surface area contributed by atoms with Gasteiger partial charge in [-0.1, -0.05) is 0 Å². The molecule has 1 aromatic carbocycles. The average Bonchev–Trinajstić information content (AvgIpc) is 3.06. The van der Waals surface area contributed by atoms with Crippen molar-refractivity contribution in [3.8, 4) is 0 Å². The lowest BCUT2D eigenvalue weighted by Crippen LogP contribution is -2.33. The normalized spacial score (nSPS) is 24.6. The molecule has 2 aliphatic heterocycles. The van der Waals surface area contributed by atoms with Crippen LogP contribution in [0.25, 0.3) is 0 Å². The molecule has 0 bridgehead atoms. The summed E-state index contributed by atoms with van der Waals surface area (Å²) in [6.45, 7) is 4.64. The number of nitrogens with zero attached hydrogens (tertiary/aromatic N) is 1. The minimum absolute atomic E-state index is 0.380. The van der Waals surface area contributed by atoms with Crippen LogP contribution in [0.3, 0.4) is 0 Å². The zero-order valence-corrected chi connectivity index (χ0v) is 12.5. The number of anilines is 2. The molecule has 1 amide bonds. The molecule has 114 valence electrons. The Morgan fingerprint density at radius 3 is 2.76 bits per heavy atom. The molecule has 5 nitrogen and oxygen atoms in total. The summed E-state index contributed by atoms with van der Waals surface area (Å²) in [4.78, 5) is 13.9. The molecule has 1 aromatic rings. The number of ether oxygens (including phenoxy) is 1. The van der Waals surface area contributed by atoms with Gasteiger partial charge in [-0.15, -0.1) is 0 Å². The minimum atomic E-state index is -0.407. The van der Waals surface area contributed by atoms with Crippen molar-refractivity contribution < 1.29 is 9.53 Å². The summed E-state index contributed by atoms with van der Waals surface area (Å²) in [6.07, 6.45) is 3.44. The molecule has 2 N–H and O–H groups in total. The molecule has 2 unspecified atom stereocenters. The second-order valence-electron chi connectivity index (χ2n) is 5.71. The van der Waals surface area contributed by atoms with Crippen LogP contribution < -0.4 is 10.6 Å². The smallest absolute Gasteiger partial charge is 0.411 e. The lowest BCUT2D eigenvalue weighted by Gasteiger charge is -2.22. The van der Waals surface area contributed by atoms with Gasteiger partial charge in [0.1, 0.15) is 0 Å². The van der Waals surface area contributed by atoms with Crippen molar-refractivity contribution >= 4 is 17.5 Å². The fourth-order valence-electron chi connectivity index (χ4n) is 3.40. The van der Waals surface area contributed by atoms with E-state index in [1.54, 1.807) is 6.92 Å². The van der Waals surface area contributed by atoms with Crippen LogP contribution in [0, 0.1) is 0 Å². The molecule has 2 atom stereocenters. The topological polar surface area (TPSA) is 53.6 Å². The quantitative estimate of drug-likeness (QED) is 0.895. The van der Waals surface area contributed by atoms with E-state index in [2.05, 4.69) is 15.5 Å². The van der Waals surface area contributed by atoms with Crippen molar-refractivity contribution in [1.29, 1.82) is 0 Å². The lowest BCUT2D eigenvalue weighted by atomic mass is 10.1. The van der Waals surface area contributed by atoms with Gasteiger partial charge >= 0.3 is 6.09 Å². The van der Waals surface area contributed by atoms with E-state index in [4.69, 9.17) is 4.74 Å². The second kappa shape index (κ2) is 6.35. The Morgan fingerprint density at radius 2 is 2.00 bits per heavy atom. The number of amides is 1. The summed E-state index contributed by atoms with van der Waals surface area (Å²) in [5.74, 6) is 0. The highest BCUT2D eigenvalue weighted by Gasteiger charge is 2.36. The molecule has 0 radical (unpaired) electrons. The van der Waals surface area contributed by atoms with Gasteiger partial charge in [0.15, 0.2) is 0 Å². The largest absolute Gasteiger partial charge is 0.450 e. The van der Waals surface area contributed by atoms with Gasteiger partial charge in [0.25, 0.3) is 0 Å². The van der Waals surface area contributed by atoms with E-state index in [0.717, 1.165) is 11.4 Å². The number of rotatable bonds is 4. The van der Waals surface area contributed by atoms with Crippen molar-refractivity contribution in [2.45, 2.75) is 38.3 Å². The van der Waals surface area contributed by atoms with Gasteiger partial charge in [-0.2, -0.15) is 0 Å². The Morgan fingerprint density at radius 1 is 1.24 bits per heavy atom. The molecular formula is C16H23N3O2. The number of carbonyl (C=O) groups excluding carboxylic acids is 1. The first-order valence-corrected chi connectivity index (χ1v) is 7.80. The number of benzene rings is 1. The van der Waals surface area contributed by atoms with Crippen molar-refractivity contribution in [2.75, 3.05) is 30.3 Å². The molecule has 0 aromatic heterocycles. The monoisotopic (exact) mass is 289 g/mol. The zero-order chi connectivity index (χ0) is 14.7. The lowest BCUT2D eigenvalue weighted by molar-refractivity contribution is 0.168. The summed E-state index contributed by atoms with van der Waals surface area (Å²) in [5, 5.41) is 6.34. The van der Waals surface area contributed by atoms with Crippen molar-refractivity contribution in [2.24, 2.45) is 0 Å². The SMILES string of the molecule is CCOC(=O)Nc1ccc(NC2CCN3CCCC23)cc1. The number of fused-ring (bicyclic) bond motifs is 1. The van der Waals surface area contributed by atoms with Crippen LogP contribution in [0.4, 0.5) is 16.2 Å². The zero-order valence-electron chi connectivity index (χ0n) is 12.5. The Balaban J connectivity index is 1.56. The third kappa shape index (κ3) is 3.29. The highest BCUT2D eigenvalue weighted by atomic mass is 16.5. The Labute approximate surface area is 125 Å². The highest BCUT2D eigenvalue weighted by Crippen LogP contribution is 2.30. The van der Waals surface area contributed by atoms with Gasteiger partial charge in [0.05, 0.1) is 6.61 Å². The van der Waals surface area contributed by atoms with Gasteiger partial charge in [-0.05, 0) is 57.0 Å². The number of carbonyl (C=O) groups is 1. The van der Waals surface area contributed by atoms with Crippen LogP contribution in [0.15, 0.2) is 24.3 Å². The van der Waals surface area contributed by atoms with E-state index >= 15 is 0 Å². The molecular weight excluding hydrogens is 266 g/mol. The number of hydrogen-bond donors (Lipinski definition) is 2. The highest BCUT2D eigenvalue weighted by molar-refractivity contribution is 5.84. The van der Waals surface area contributed by atoms with E-state index < -0.39 is 6.09 Å². The summed E-state index contributed by atoms with van der Waals surface area (Å²) in [6, 6.07) is 9.08. The molecule has 2 saturated heterocycles. The maximum absolute atomic E-state index is 11.3. The van der Waals surface area contributed by atoms with Gasteiger partial charge in [-0.25, -0.2) is 4.79 Å². The van der Waals surface area contributed by atoms with Crippen molar-refractivity contribution in [1.82, 2.24) is 4.90 Å². The minimum Gasteiger partial charge on any atom is -0.450 e. The molecule has 3 rings (SSSR count). The van der Waals surface area contributed by atoms with Gasteiger partial charge in [-0.3, -0.25) is 10.2 Å². The van der Waals surface area contributed by atoms with E-state index in [1.165, 1.54) is 32.4 Å². The molecule has 21 heavy (non-hydrogen) atoms. The van der Waals surface area contributed by atoms with Crippen LogP contribution in [0.1, 0.15) is 26.2 Å². The van der Waals surface area contributed by atoms with E-state index in [-0.39, 0.29) is 0 Å². The van der Waals surface area contributed by atoms with Crippen LogP contribution >= 0.6 is 0 Å². The predicted molar refractivity (Wildman–Crippen MR) is 83.7 cm³/mol. The fraction of sp³-hybridized carbons (Fsp3) is 0.562. The Hall–Kier alpha value is -1.75. The second-order valence-corrected chi connectivity index (χ2v) is 5.71. The number of hydrogen-bond acceptors (Lipinski definition) is 4. The van der Waals surface area contributed by atoms with Crippen LogP contribution in [-0.2, 0) is 4.74 Å². The van der Waals surface area contributed by atoms with Crippen molar-refractivity contribution in [3.05, 3.63) is 24.3 Å². The molecule has 5 heteroatoms. The van der Waals surface area contributed by atoms with Crippen LogP contribution in [0.5, 0.6) is 0 Å². The molecule has 0 saturated carbocycles. The first-order valence-electron chi connectivity index (χ1n) is 7.80. The Bertz CT molecular complexity index is 489. The first-order chi connectivity index (χ1) is 10.3. The summed E-state index contributed by atoms with van der Waals surface area (Å²) in [5.41, 5.74) is 1.87. The predicted octanol–water partition coefficient (Wildman–Crippen LogP) is 2.90. The van der Waals surface area contributed by atoms with Gasteiger partial charge in [0.2, 0.25) is 0 Å². The molecule has 2 aliphatic rings. The van der Waals surface area contributed by atoms with E-state index in [9.17, 15) is 4.79 Å². The fourth-order valence-corrected chi connectivity index (χ4v) is 3.40. The van der Waals surface area contributed by atoms with Crippen molar-refractivity contribution in [3.63, 3.8) is 0 Å². The molecule has 2 fully saturated rings. The van der Waals surface area contributed by atoms with Crippen LogP contribution in [-0.4, -0.2) is 42.8 Å². The molecule has 2 heterocycles. The molecule has 0 spiro atoms. The molecule has 0 aliphatic carbocycles. The third-order valence-corrected chi connectivity index (χ3v) is 4.36. The maximum Gasteiger partial charge on any atom is 0.411 e. The summed E-state index contributed by atoms with van der Waals surface area (Å²) < 4.78 is 4.86. The first kappa shape index (κ1) is 14.2. The maximum atomic E-state index is 11.3. The third-order valence-electron chi connectivity index (χ3n) is 4.36. The Kier molecular flexibility index (Phi) is 4.29. The van der Waals surface area contributed by atoms with E-state index in [0.29, 0.717) is 18.7 Å². The average molecular weight is 289 g/mol. The standard InChI is InChI=1S/C16H23N3O2/c1-2-21-16(20)18-13-7-5-12(6-8-13)17-14-9-11-19-10-3-4-15(14)19/h5-8,14-15,17H,2-4,9-11H2,1H3,(H,18,20). The number of nitrogens with one attached hydrogen (secondary N) is 2. The summed E-state index contributed by atoms with van der Waals surface area (Å²) in [7, 11) is 0. The van der Waals surface area contributed by atoms with Gasteiger partial charge < -0.3 is 10.1 Å². The van der Waals surface area contributed by atoms with E-state index in [1.807, 2.05) is 24.3 Å². The van der Waals surface area contributed by atoms with Crippen LogP contribution in [0.2, 0.25) is 0 Å². The van der Waals surface area contributed by atoms with Gasteiger partial charge in [0, 0.05) is 30.0 Å². The summed E-state index contributed by atoms with van der Waals surface area (Å²) >= 11 is 0.